The van der Waals surface area contributed by atoms with Crippen molar-refractivity contribution in [1.29, 1.82) is 0 Å². The summed E-state index contributed by atoms with van der Waals surface area (Å²) < 4.78 is 0. The van der Waals surface area contributed by atoms with Crippen molar-refractivity contribution in [3.8, 4) is 0 Å². The van der Waals surface area contributed by atoms with Gasteiger partial charge in [-0.25, -0.2) is 4.98 Å². The lowest BCUT2D eigenvalue weighted by atomic mass is 10.2. The number of halogens is 1. The third-order valence-corrected chi connectivity index (χ3v) is 2.88. The van der Waals surface area contributed by atoms with E-state index in [0.29, 0.717) is 5.82 Å². The van der Waals surface area contributed by atoms with Crippen molar-refractivity contribution in [2.24, 2.45) is 0 Å². The smallest absolute Gasteiger partial charge is 0.270 e. The molecule has 6 nitrogen and oxygen atoms in total. The van der Waals surface area contributed by atoms with Crippen LogP contribution >= 0.6 is 11.6 Å². The minimum atomic E-state index is -0.574. The first-order valence-corrected chi connectivity index (χ1v) is 6.03. The SMILES string of the molecule is Cc1ccnc(NC(=O)c2ccc([N+](=O)[O-])cc2Cl)c1. The van der Waals surface area contributed by atoms with Gasteiger partial charge < -0.3 is 5.32 Å². The Morgan fingerprint density at radius 3 is 2.70 bits per heavy atom. The van der Waals surface area contributed by atoms with Gasteiger partial charge in [-0.3, -0.25) is 14.9 Å². The molecule has 0 saturated carbocycles. The van der Waals surface area contributed by atoms with Gasteiger partial charge >= 0.3 is 0 Å². The van der Waals surface area contributed by atoms with Crippen LogP contribution in [0.1, 0.15) is 15.9 Å². The van der Waals surface area contributed by atoms with Gasteiger partial charge in [-0.1, -0.05) is 11.6 Å². The van der Waals surface area contributed by atoms with Gasteiger partial charge in [-0.2, -0.15) is 0 Å². The number of non-ortho nitro benzene ring substituents is 1. The molecule has 0 fully saturated rings. The lowest BCUT2D eigenvalue weighted by Crippen LogP contribution is -2.13. The number of nitro groups is 1. The van der Waals surface area contributed by atoms with Crippen LogP contribution in [0.3, 0.4) is 0 Å². The summed E-state index contributed by atoms with van der Waals surface area (Å²) in [5.74, 6) is -0.0765. The van der Waals surface area contributed by atoms with Gasteiger partial charge in [-0.05, 0) is 30.7 Å². The van der Waals surface area contributed by atoms with Crippen molar-refractivity contribution in [2.45, 2.75) is 6.92 Å². The topological polar surface area (TPSA) is 85.1 Å². The van der Waals surface area contributed by atoms with E-state index in [2.05, 4.69) is 10.3 Å². The highest BCUT2D eigenvalue weighted by molar-refractivity contribution is 6.34. The summed E-state index contributed by atoms with van der Waals surface area (Å²) >= 11 is 5.88. The average Bonchev–Trinajstić information content (AvgIpc) is 2.38. The minimum absolute atomic E-state index is 0.0179. The van der Waals surface area contributed by atoms with Crippen LogP contribution in [0.15, 0.2) is 36.5 Å². The largest absolute Gasteiger partial charge is 0.307 e. The van der Waals surface area contributed by atoms with Gasteiger partial charge in [0.2, 0.25) is 0 Å². The fraction of sp³-hybridized carbons (Fsp3) is 0.0769. The standard InChI is InChI=1S/C13H10ClN3O3/c1-8-4-5-15-12(6-8)16-13(18)10-3-2-9(17(19)20)7-11(10)14/h2-7H,1H3,(H,15,16,18). The van der Waals surface area contributed by atoms with Crippen LogP contribution in [0.5, 0.6) is 0 Å². The summed E-state index contributed by atoms with van der Waals surface area (Å²) in [6.07, 6.45) is 1.57. The number of pyridine rings is 1. The van der Waals surface area contributed by atoms with Crippen LogP contribution in [0.25, 0.3) is 0 Å². The molecule has 1 N–H and O–H groups in total. The molecule has 0 spiro atoms. The predicted molar refractivity (Wildman–Crippen MR) is 75.0 cm³/mol. The molecule has 20 heavy (non-hydrogen) atoms. The van der Waals surface area contributed by atoms with Crippen LogP contribution in [0.4, 0.5) is 11.5 Å². The molecule has 1 aromatic heterocycles. The van der Waals surface area contributed by atoms with Crippen molar-refractivity contribution >= 4 is 29.0 Å². The maximum Gasteiger partial charge on any atom is 0.270 e. The number of benzene rings is 1. The highest BCUT2D eigenvalue weighted by Gasteiger charge is 2.15. The molecule has 0 radical (unpaired) electrons. The molecule has 1 heterocycles. The highest BCUT2D eigenvalue weighted by Crippen LogP contribution is 2.23. The molecule has 0 aliphatic rings. The van der Waals surface area contributed by atoms with Crippen LogP contribution in [-0.4, -0.2) is 15.8 Å². The summed E-state index contributed by atoms with van der Waals surface area (Å²) in [6.45, 7) is 1.87. The molecule has 1 aromatic carbocycles. The third kappa shape index (κ3) is 3.10. The van der Waals surface area contributed by atoms with E-state index in [1.165, 1.54) is 12.1 Å². The lowest BCUT2D eigenvalue weighted by molar-refractivity contribution is -0.384. The Morgan fingerprint density at radius 1 is 1.35 bits per heavy atom. The quantitative estimate of drug-likeness (QED) is 0.695. The number of nitrogens with zero attached hydrogens (tertiary/aromatic N) is 2. The number of aromatic nitrogens is 1. The van der Waals surface area contributed by atoms with Gasteiger partial charge in [0.1, 0.15) is 5.82 Å². The number of aryl methyl sites for hydroxylation is 1. The van der Waals surface area contributed by atoms with Crippen LogP contribution < -0.4 is 5.32 Å². The Morgan fingerprint density at radius 2 is 2.10 bits per heavy atom. The van der Waals surface area contributed by atoms with E-state index in [9.17, 15) is 14.9 Å². The number of carbonyl (C=O) groups is 1. The number of amides is 1. The maximum atomic E-state index is 12.0. The van der Waals surface area contributed by atoms with E-state index in [1.54, 1.807) is 18.3 Å². The molecule has 0 atom stereocenters. The molecule has 0 unspecified atom stereocenters. The van der Waals surface area contributed by atoms with E-state index in [-0.39, 0.29) is 16.3 Å². The van der Waals surface area contributed by atoms with E-state index in [4.69, 9.17) is 11.6 Å². The normalized spacial score (nSPS) is 10.1. The summed E-state index contributed by atoms with van der Waals surface area (Å²) in [6, 6.07) is 7.18. The second-order valence-electron chi connectivity index (χ2n) is 4.09. The molecule has 2 rings (SSSR count). The highest BCUT2D eigenvalue weighted by atomic mass is 35.5. The minimum Gasteiger partial charge on any atom is -0.307 e. The Hall–Kier alpha value is -2.47. The fourth-order valence-electron chi connectivity index (χ4n) is 1.59. The second kappa shape index (κ2) is 5.66. The third-order valence-electron chi connectivity index (χ3n) is 2.57. The molecule has 2 aromatic rings. The predicted octanol–water partition coefficient (Wildman–Crippen LogP) is 3.20. The van der Waals surface area contributed by atoms with E-state index >= 15 is 0 Å². The molecule has 102 valence electrons. The van der Waals surface area contributed by atoms with Crippen molar-refractivity contribution in [3.05, 3.63) is 62.8 Å². The zero-order valence-electron chi connectivity index (χ0n) is 10.5. The van der Waals surface area contributed by atoms with Gasteiger partial charge in [0, 0.05) is 18.3 Å². The Balaban J connectivity index is 2.23. The van der Waals surface area contributed by atoms with Gasteiger partial charge in [0.25, 0.3) is 11.6 Å². The van der Waals surface area contributed by atoms with Crippen LogP contribution in [0, 0.1) is 17.0 Å². The summed E-state index contributed by atoms with van der Waals surface area (Å²) in [4.78, 5) is 26.0. The van der Waals surface area contributed by atoms with E-state index in [1.807, 2.05) is 6.92 Å². The Kier molecular flexibility index (Phi) is 3.95. The van der Waals surface area contributed by atoms with E-state index in [0.717, 1.165) is 11.6 Å². The van der Waals surface area contributed by atoms with Crippen molar-refractivity contribution in [1.82, 2.24) is 4.98 Å². The number of hydrogen-bond donors (Lipinski definition) is 1. The maximum absolute atomic E-state index is 12.0. The molecule has 0 aliphatic carbocycles. The number of anilines is 1. The summed E-state index contributed by atoms with van der Waals surface area (Å²) in [5.41, 5.74) is 0.936. The zero-order chi connectivity index (χ0) is 14.7. The van der Waals surface area contributed by atoms with Gasteiger partial charge in [0.05, 0.1) is 15.5 Å². The van der Waals surface area contributed by atoms with Crippen molar-refractivity contribution < 1.29 is 9.72 Å². The molecular weight excluding hydrogens is 282 g/mol. The first-order valence-electron chi connectivity index (χ1n) is 5.65. The first kappa shape index (κ1) is 14.0. The summed E-state index contributed by atoms with van der Waals surface area (Å²) in [5, 5.41) is 13.2. The number of rotatable bonds is 3. The second-order valence-corrected chi connectivity index (χ2v) is 4.50. The molecule has 0 aliphatic heterocycles. The number of nitrogens with one attached hydrogen (secondary N) is 1. The van der Waals surface area contributed by atoms with E-state index < -0.39 is 10.8 Å². The lowest BCUT2D eigenvalue weighted by Gasteiger charge is -2.06. The molecule has 0 saturated heterocycles. The molecular formula is C13H10ClN3O3. The average molecular weight is 292 g/mol. The number of nitro benzene ring substituents is 1. The van der Waals surface area contributed by atoms with Gasteiger partial charge in [0.15, 0.2) is 0 Å². The molecule has 1 amide bonds. The Labute approximate surface area is 119 Å². The first-order chi connectivity index (χ1) is 9.47. The van der Waals surface area contributed by atoms with Gasteiger partial charge in [-0.15, -0.1) is 0 Å². The van der Waals surface area contributed by atoms with Crippen molar-refractivity contribution in [3.63, 3.8) is 0 Å². The fourth-order valence-corrected chi connectivity index (χ4v) is 1.85. The van der Waals surface area contributed by atoms with Crippen molar-refractivity contribution in [2.75, 3.05) is 5.32 Å². The molecule has 0 bridgehead atoms. The number of carbonyl (C=O) groups excluding carboxylic acids is 1. The Bertz CT molecular complexity index is 688. The monoisotopic (exact) mass is 291 g/mol. The number of hydrogen-bond acceptors (Lipinski definition) is 4. The zero-order valence-corrected chi connectivity index (χ0v) is 11.2. The van der Waals surface area contributed by atoms with Crippen LogP contribution in [0.2, 0.25) is 5.02 Å². The molecule has 7 heteroatoms. The summed E-state index contributed by atoms with van der Waals surface area (Å²) in [7, 11) is 0. The van der Waals surface area contributed by atoms with Crippen LogP contribution in [-0.2, 0) is 0 Å².